The maximum absolute atomic E-state index is 10.2. The fourth-order valence-electron chi connectivity index (χ4n) is 1.74. The van der Waals surface area contributed by atoms with E-state index in [0.29, 0.717) is 12.8 Å². The summed E-state index contributed by atoms with van der Waals surface area (Å²) in [5, 5.41) is 18.9. The van der Waals surface area contributed by atoms with Crippen LogP contribution in [0.25, 0.3) is 0 Å². The highest BCUT2D eigenvalue weighted by atomic mass is 16.3. The van der Waals surface area contributed by atoms with E-state index in [1.165, 1.54) is 0 Å². The molecule has 1 rings (SSSR count). The van der Waals surface area contributed by atoms with Crippen LogP contribution in [0.4, 0.5) is 0 Å². The van der Waals surface area contributed by atoms with Crippen LogP contribution in [-0.4, -0.2) is 16.8 Å². The average molecular weight is 194 g/mol. The monoisotopic (exact) mass is 194 g/mol. The van der Waals surface area contributed by atoms with Gasteiger partial charge < -0.3 is 10.2 Å². The maximum Gasteiger partial charge on any atom is 0.0871 e. The lowest BCUT2D eigenvalue weighted by molar-refractivity contribution is 0.0397. The third-order valence-electron chi connectivity index (χ3n) is 2.55. The number of hydrogen-bond acceptors (Lipinski definition) is 2. The summed E-state index contributed by atoms with van der Waals surface area (Å²) in [6, 6.07) is 7.81. The van der Waals surface area contributed by atoms with Crippen LogP contribution < -0.4 is 0 Å². The Morgan fingerprint density at radius 3 is 2.50 bits per heavy atom. The first-order valence-electron chi connectivity index (χ1n) is 4.97. The first-order chi connectivity index (χ1) is 6.58. The molecule has 0 aromatic heterocycles. The molecule has 0 saturated heterocycles. The van der Waals surface area contributed by atoms with Gasteiger partial charge in [0, 0.05) is 6.61 Å². The Balaban J connectivity index is 2.86. The highest BCUT2D eigenvalue weighted by molar-refractivity contribution is 5.30. The van der Waals surface area contributed by atoms with E-state index in [1.54, 1.807) is 6.92 Å². The molecule has 2 heteroatoms. The molecule has 1 atom stereocenters. The predicted octanol–water partition coefficient (Wildman–Crippen LogP) is 1.98. The van der Waals surface area contributed by atoms with Crippen molar-refractivity contribution in [3.63, 3.8) is 0 Å². The van der Waals surface area contributed by atoms with Crippen LogP contribution in [0.1, 0.15) is 30.9 Å². The lowest BCUT2D eigenvalue weighted by Gasteiger charge is -2.25. The van der Waals surface area contributed by atoms with E-state index < -0.39 is 5.60 Å². The lowest BCUT2D eigenvalue weighted by atomic mass is 9.88. The van der Waals surface area contributed by atoms with Crippen LogP contribution in [0.15, 0.2) is 24.3 Å². The molecule has 1 unspecified atom stereocenters. The second kappa shape index (κ2) is 4.58. The molecule has 0 aliphatic carbocycles. The lowest BCUT2D eigenvalue weighted by Crippen LogP contribution is -2.22. The van der Waals surface area contributed by atoms with Gasteiger partial charge in [0.05, 0.1) is 5.60 Å². The summed E-state index contributed by atoms with van der Waals surface area (Å²) >= 11 is 0. The Labute approximate surface area is 85.2 Å². The zero-order chi connectivity index (χ0) is 10.6. The van der Waals surface area contributed by atoms with Crippen molar-refractivity contribution in [3.05, 3.63) is 35.4 Å². The van der Waals surface area contributed by atoms with Crippen LogP contribution in [0, 0.1) is 6.92 Å². The highest BCUT2D eigenvalue weighted by Crippen LogP contribution is 2.28. The van der Waals surface area contributed by atoms with Crippen LogP contribution in [-0.2, 0) is 5.60 Å². The standard InChI is InChI=1S/C12H18O2/c1-10-6-3-4-7-11(10)12(2,14)8-5-9-13/h3-4,6-7,13-14H,5,8-9H2,1-2H3. The molecule has 0 spiro atoms. The molecule has 0 fully saturated rings. The van der Waals surface area contributed by atoms with Crippen molar-refractivity contribution < 1.29 is 10.2 Å². The van der Waals surface area contributed by atoms with E-state index in [4.69, 9.17) is 5.11 Å². The van der Waals surface area contributed by atoms with Crippen molar-refractivity contribution in [1.29, 1.82) is 0 Å². The Hall–Kier alpha value is -0.860. The third-order valence-corrected chi connectivity index (χ3v) is 2.55. The number of aliphatic hydroxyl groups excluding tert-OH is 1. The van der Waals surface area contributed by atoms with Crippen molar-refractivity contribution in [3.8, 4) is 0 Å². The fraction of sp³-hybridized carbons (Fsp3) is 0.500. The minimum Gasteiger partial charge on any atom is -0.396 e. The van der Waals surface area contributed by atoms with Crippen LogP contribution >= 0.6 is 0 Å². The van der Waals surface area contributed by atoms with Gasteiger partial charge in [-0.3, -0.25) is 0 Å². The molecule has 0 radical (unpaired) electrons. The summed E-state index contributed by atoms with van der Waals surface area (Å²) in [7, 11) is 0. The predicted molar refractivity (Wildman–Crippen MR) is 57.1 cm³/mol. The van der Waals surface area contributed by atoms with Gasteiger partial charge in [0.25, 0.3) is 0 Å². The number of aryl methyl sites for hydroxylation is 1. The van der Waals surface area contributed by atoms with Crippen molar-refractivity contribution in [2.75, 3.05) is 6.61 Å². The maximum atomic E-state index is 10.2. The van der Waals surface area contributed by atoms with E-state index in [0.717, 1.165) is 11.1 Å². The minimum atomic E-state index is -0.825. The summed E-state index contributed by atoms with van der Waals surface area (Å²) < 4.78 is 0. The zero-order valence-corrected chi connectivity index (χ0v) is 8.83. The molecule has 0 bridgehead atoms. The first kappa shape index (κ1) is 11.2. The van der Waals surface area contributed by atoms with Crippen LogP contribution in [0.5, 0.6) is 0 Å². The molecule has 2 N–H and O–H groups in total. The number of benzene rings is 1. The molecule has 0 heterocycles. The number of rotatable bonds is 4. The molecule has 2 nitrogen and oxygen atoms in total. The molecule has 78 valence electrons. The Morgan fingerprint density at radius 2 is 1.93 bits per heavy atom. The van der Waals surface area contributed by atoms with E-state index in [1.807, 2.05) is 31.2 Å². The molecule has 0 amide bonds. The SMILES string of the molecule is Cc1ccccc1C(C)(O)CCCO. The quantitative estimate of drug-likeness (QED) is 0.769. The van der Waals surface area contributed by atoms with Gasteiger partial charge >= 0.3 is 0 Å². The summed E-state index contributed by atoms with van der Waals surface area (Å²) in [4.78, 5) is 0. The van der Waals surface area contributed by atoms with Gasteiger partial charge in [0.1, 0.15) is 0 Å². The second-order valence-electron chi connectivity index (χ2n) is 3.92. The smallest absolute Gasteiger partial charge is 0.0871 e. The molecule has 14 heavy (non-hydrogen) atoms. The highest BCUT2D eigenvalue weighted by Gasteiger charge is 2.23. The van der Waals surface area contributed by atoms with Gasteiger partial charge in [-0.2, -0.15) is 0 Å². The average Bonchev–Trinajstić information content (AvgIpc) is 2.15. The van der Waals surface area contributed by atoms with Crippen molar-refractivity contribution >= 4 is 0 Å². The second-order valence-corrected chi connectivity index (χ2v) is 3.92. The Bertz CT molecular complexity index is 292. The summed E-state index contributed by atoms with van der Waals surface area (Å²) in [6.45, 7) is 3.91. The molecular weight excluding hydrogens is 176 g/mol. The zero-order valence-electron chi connectivity index (χ0n) is 8.83. The van der Waals surface area contributed by atoms with E-state index in [9.17, 15) is 5.11 Å². The molecule has 0 aliphatic heterocycles. The minimum absolute atomic E-state index is 0.127. The summed E-state index contributed by atoms with van der Waals surface area (Å²) in [6.07, 6.45) is 1.22. The van der Waals surface area contributed by atoms with Gasteiger partial charge in [-0.1, -0.05) is 24.3 Å². The first-order valence-corrected chi connectivity index (χ1v) is 4.97. The fourth-order valence-corrected chi connectivity index (χ4v) is 1.74. The molecular formula is C12H18O2. The summed E-state index contributed by atoms with van der Waals surface area (Å²) in [5.74, 6) is 0. The van der Waals surface area contributed by atoms with Gasteiger partial charge in [-0.05, 0) is 37.8 Å². The van der Waals surface area contributed by atoms with Gasteiger partial charge in [-0.15, -0.1) is 0 Å². The third kappa shape index (κ3) is 2.56. The summed E-state index contributed by atoms with van der Waals surface area (Å²) in [5.41, 5.74) is 1.22. The van der Waals surface area contributed by atoms with Gasteiger partial charge in [-0.25, -0.2) is 0 Å². The molecule has 1 aromatic carbocycles. The van der Waals surface area contributed by atoms with Crippen molar-refractivity contribution in [1.82, 2.24) is 0 Å². The van der Waals surface area contributed by atoms with E-state index in [-0.39, 0.29) is 6.61 Å². The van der Waals surface area contributed by atoms with Gasteiger partial charge in [0.15, 0.2) is 0 Å². The molecule has 0 aliphatic rings. The van der Waals surface area contributed by atoms with Crippen molar-refractivity contribution in [2.24, 2.45) is 0 Å². The Morgan fingerprint density at radius 1 is 1.29 bits per heavy atom. The van der Waals surface area contributed by atoms with E-state index in [2.05, 4.69) is 0 Å². The van der Waals surface area contributed by atoms with E-state index >= 15 is 0 Å². The largest absolute Gasteiger partial charge is 0.396 e. The Kier molecular flexibility index (Phi) is 3.67. The van der Waals surface area contributed by atoms with Crippen molar-refractivity contribution in [2.45, 2.75) is 32.3 Å². The number of aliphatic hydroxyl groups is 2. The topological polar surface area (TPSA) is 40.5 Å². The molecule has 1 aromatic rings. The molecule has 0 saturated carbocycles. The normalized spacial score (nSPS) is 15.1. The number of hydrogen-bond donors (Lipinski definition) is 2. The van der Waals surface area contributed by atoms with Crippen LogP contribution in [0.2, 0.25) is 0 Å². The van der Waals surface area contributed by atoms with Crippen LogP contribution in [0.3, 0.4) is 0 Å². The van der Waals surface area contributed by atoms with Gasteiger partial charge in [0.2, 0.25) is 0 Å².